The van der Waals surface area contributed by atoms with E-state index >= 15 is 0 Å². The van der Waals surface area contributed by atoms with Crippen molar-refractivity contribution in [1.29, 1.82) is 0 Å². The van der Waals surface area contributed by atoms with Gasteiger partial charge in [-0.15, -0.1) is 0 Å². The molecule has 8 N–H and O–H groups in total. The van der Waals surface area contributed by atoms with Crippen molar-refractivity contribution in [1.82, 2.24) is 0 Å². The van der Waals surface area contributed by atoms with Crippen molar-refractivity contribution in [3.05, 3.63) is 0 Å². The molecule has 0 aliphatic heterocycles. The van der Waals surface area contributed by atoms with Crippen molar-refractivity contribution in [3.63, 3.8) is 0 Å². The lowest BCUT2D eigenvalue weighted by Gasteiger charge is -2.60. The first-order valence-electron chi connectivity index (χ1n) is 5.64. The van der Waals surface area contributed by atoms with E-state index in [0.29, 0.717) is 6.92 Å². The number of alkyl halides is 2. The van der Waals surface area contributed by atoms with Crippen LogP contribution in [-0.2, 0) is 4.79 Å². The molecule has 0 radical (unpaired) electrons. The van der Waals surface area contributed by atoms with E-state index in [9.17, 15) is 44.2 Å². The van der Waals surface area contributed by atoms with E-state index in [0.717, 1.165) is 6.92 Å². The highest BCUT2D eigenvalue weighted by Crippen LogP contribution is 2.58. The molecule has 10 heteroatoms. The van der Waals surface area contributed by atoms with Gasteiger partial charge in [0, 0.05) is 0 Å². The standard InChI is InChI=1S/C10H17F2NO7/c1-3-7(16)4(5(13)14)8(17,18)10(19,20)9(11,12)6(7,2)15/h4,15-20H,3H2,1-2H3,(H2,13,14). The summed E-state index contributed by atoms with van der Waals surface area (Å²) < 4.78 is 28.0. The highest BCUT2D eigenvalue weighted by Gasteiger charge is 2.86. The van der Waals surface area contributed by atoms with Crippen molar-refractivity contribution in [2.75, 3.05) is 0 Å². The first kappa shape index (κ1) is 17.1. The lowest BCUT2D eigenvalue weighted by atomic mass is 9.57. The highest BCUT2D eigenvalue weighted by molar-refractivity contribution is 5.80. The third kappa shape index (κ3) is 1.51. The Kier molecular flexibility index (Phi) is 3.48. The minimum atomic E-state index is -4.99. The number of carbonyl (C=O) groups is 1. The number of primary amides is 1. The zero-order valence-corrected chi connectivity index (χ0v) is 10.7. The molecule has 0 aromatic heterocycles. The molecule has 1 aliphatic rings. The van der Waals surface area contributed by atoms with Gasteiger partial charge in [0.15, 0.2) is 5.60 Å². The maximum Gasteiger partial charge on any atom is 0.336 e. The summed E-state index contributed by atoms with van der Waals surface area (Å²) in [5.41, 5.74) is -1.86. The minimum Gasteiger partial charge on any atom is -0.386 e. The largest absolute Gasteiger partial charge is 0.386 e. The van der Waals surface area contributed by atoms with E-state index in [-0.39, 0.29) is 0 Å². The summed E-state index contributed by atoms with van der Waals surface area (Å²) in [6, 6.07) is 0. The summed E-state index contributed by atoms with van der Waals surface area (Å²) in [5, 5.41) is 57.8. The lowest BCUT2D eigenvalue weighted by molar-refractivity contribution is -0.500. The Morgan fingerprint density at radius 3 is 1.85 bits per heavy atom. The third-order valence-electron chi connectivity index (χ3n) is 4.11. The molecule has 1 fully saturated rings. The van der Waals surface area contributed by atoms with Crippen LogP contribution in [0.15, 0.2) is 0 Å². The van der Waals surface area contributed by atoms with Crippen LogP contribution < -0.4 is 5.73 Å². The predicted molar refractivity (Wildman–Crippen MR) is 57.8 cm³/mol. The number of aliphatic hydroxyl groups is 6. The van der Waals surface area contributed by atoms with Crippen LogP contribution in [0.25, 0.3) is 0 Å². The molecule has 0 aromatic carbocycles. The number of hydrogen-bond acceptors (Lipinski definition) is 7. The molecule has 0 aromatic rings. The number of halogens is 2. The van der Waals surface area contributed by atoms with Crippen molar-refractivity contribution < 1.29 is 44.2 Å². The lowest BCUT2D eigenvalue weighted by Crippen LogP contribution is -2.87. The average Bonchev–Trinajstić information content (AvgIpc) is 2.25. The van der Waals surface area contributed by atoms with Gasteiger partial charge in [-0.1, -0.05) is 6.92 Å². The van der Waals surface area contributed by atoms with Crippen LogP contribution in [0.2, 0.25) is 0 Å². The van der Waals surface area contributed by atoms with Crippen LogP contribution >= 0.6 is 0 Å². The van der Waals surface area contributed by atoms with Crippen LogP contribution in [0.5, 0.6) is 0 Å². The average molecular weight is 301 g/mol. The van der Waals surface area contributed by atoms with Gasteiger partial charge >= 0.3 is 5.92 Å². The number of carbonyl (C=O) groups excluding carboxylic acids is 1. The molecule has 0 bridgehead atoms. The second-order valence-corrected chi connectivity index (χ2v) is 5.16. The van der Waals surface area contributed by atoms with Crippen LogP contribution in [0, 0.1) is 5.92 Å². The molecule has 1 rings (SSSR count). The molecule has 0 spiro atoms. The normalized spacial score (nSPS) is 42.2. The summed E-state index contributed by atoms with van der Waals surface area (Å²) in [6.07, 6.45) is -0.748. The van der Waals surface area contributed by atoms with E-state index in [1.54, 1.807) is 0 Å². The number of rotatable bonds is 2. The predicted octanol–water partition coefficient (Wildman–Crippen LogP) is -3.01. The fourth-order valence-electron chi connectivity index (χ4n) is 2.64. The molecule has 1 saturated carbocycles. The van der Waals surface area contributed by atoms with Gasteiger partial charge in [-0.3, -0.25) is 4.79 Å². The van der Waals surface area contributed by atoms with Crippen LogP contribution in [0.1, 0.15) is 20.3 Å². The minimum absolute atomic E-state index is 0.336. The maximum absolute atomic E-state index is 14.0. The Bertz CT molecular complexity index is 437. The van der Waals surface area contributed by atoms with Crippen LogP contribution in [-0.4, -0.2) is 65.2 Å². The molecule has 1 amide bonds. The summed E-state index contributed by atoms with van der Waals surface area (Å²) in [4.78, 5) is 11.3. The number of amides is 1. The fourth-order valence-corrected chi connectivity index (χ4v) is 2.64. The summed E-state index contributed by atoms with van der Waals surface area (Å²) in [6.45, 7) is 1.40. The van der Waals surface area contributed by atoms with E-state index in [4.69, 9.17) is 5.73 Å². The molecule has 3 atom stereocenters. The van der Waals surface area contributed by atoms with E-state index in [1.165, 1.54) is 0 Å². The third-order valence-corrected chi connectivity index (χ3v) is 4.11. The summed E-state index contributed by atoms with van der Waals surface area (Å²) in [5.74, 6) is -18.2. The number of hydrogen-bond donors (Lipinski definition) is 7. The second-order valence-electron chi connectivity index (χ2n) is 5.16. The van der Waals surface area contributed by atoms with E-state index < -0.39 is 46.9 Å². The Balaban J connectivity index is 3.76. The van der Waals surface area contributed by atoms with Crippen molar-refractivity contribution in [2.45, 2.75) is 49.0 Å². The Morgan fingerprint density at radius 1 is 1.15 bits per heavy atom. The van der Waals surface area contributed by atoms with Gasteiger partial charge in [-0.05, 0) is 13.3 Å². The van der Waals surface area contributed by atoms with Gasteiger partial charge in [0.1, 0.15) is 11.5 Å². The van der Waals surface area contributed by atoms with Crippen molar-refractivity contribution >= 4 is 5.91 Å². The molecule has 8 nitrogen and oxygen atoms in total. The van der Waals surface area contributed by atoms with E-state index in [1.807, 2.05) is 0 Å². The molecule has 118 valence electrons. The molecule has 3 unspecified atom stereocenters. The smallest absolute Gasteiger partial charge is 0.336 e. The van der Waals surface area contributed by atoms with Gasteiger partial charge in [0.2, 0.25) is 11.7 Å². The second kappa shape index (κ2) is 4.06. The fraction of sp³-hybridized carbons (Fsp3) is 0.900. The molecular weight excluding hydrogens is 284 g/mol. The number of nitrogens with two attached hydrogens (primary N) is 1. The summed E-state index contributed by atoms with van der Waals surface area (Å²) >= 11 is 0. The van der Waals surface area contributed by atoms with Crippen LogP contribution in [0.3, 0.4) is 0 Å². The Labute approximate surface area is 112 Å². The molecular formula is C10H17F2NO7. The molecule has 20 heavy (non-hydrogen) atoms. The Hall–Kier alpha value is -0.910. The first-order valence-corrected chi connectivity index (χ1v) is 5.64. The molecule has 0 heterocycles. The first-order chi connectivity index (χ1) is 8.63. The van der Waals surface area contributed by atoms with Crippen molar-refractivity contribution in [2.24, 2.45) is 11.7 Å². The molecule has 1 aliphatic carbocycles. The van der Waals surface area contributed by atoms with Crippen molar-refractivity contribution in [3.8, 4) is 0 Å². The van der Waals surface area contributed by atoms with Gasteiger partial charge in [0.25, 0.3) is 5.79 Å². The van der Waals surface area contributed by atoms with Gasteiger partial charge in [0.05, 0.1) is 0 Å². The topological polar surface area (TPSA) is 164 Å². The zero-order chi connectivity index (χ0) is 16.4. The highest BCUT2D eigenvalue weighted by atomic mass is 19.3. The van der Waals surface area contributed by atoms with Crippen LogP contribution in [0.4, 0.5) is 8.78 Å². The van der Waals surface area contributed by atoms with E-state index in [2.05, 4.69) is 0 Å². The van der Waals surface area contributed by atoms with Gasteiger partial charge in [-0.25, -0.2) is 0 Å². The quantitative estimate of drug-likeness (QED) is 0.267. The maximum atomic E-state index is 14.0. The Morgan fingerprint density at radius 2 is 1.55 bits per heavy atom. The zero-order valence-electron chi connectivity index (χ0n) is 10.7. The van der Waals surface area contributed by atoms with Gasteiger partial charge < -0.3 is 36.4 Å². The molecule has 0 saturated heterocycles. The summed E-state index contributed by atoms with van der Waals surface area (Å²) in [7, 11) is 0. The van der Waals surface area contributed by atoms with Gasteiger partial charge in [-0.2, -0.15) is 8.78 Å². The SMILES string of the molecule is CCC1(O)C(C(N)=O)C(O)(O)C(O)(O)C(F)(F)C1(C)O. The monoisotopic (exact) mass is 301 g/mol.